The molecule has 5 nitrogen and oxygen atoms in total. The average molecular weight is 381 g/mol. The van der Waals surface area contributed by atoms with Gasteiger partial charge in [0, 0.05) is 37.9 Å². The molecule has 2 amide bonds. The third-order valence-corrected chi connectivity index (χ3v) is 4.75. The van der Waals surface area contributed by atoms with E-state index in [0.717, 1.165) is 11.1 Å². The summed E-state index contributed by atoms with van der Waals surface area (Å²) in [5, 5.41) is 2.70. The molecule has 0 bridgehead atoms. The van der Waals surface area contributed by atoms with Crippen molar-refractivity contribution in [1.82, 2.24) is 9.80 Å². The molecule has 28 heavy (non-hydrogen) atoms. The lowest BCUT2D eigenvalue weighted by Gasteiger charge is -2.33. The number of halogens is 1. The Labute approximate surface area is 164 Å². The zero-order chi connectivity index (χ0) is 19.9. The zero-order valence-corrected chi connectivity index (χ0v) is 15.9. The van der Waals surface area contributed by atoms with Gasteiger partial charge in [-0.2, -0.15) is 0 Å². The Morgan fingerprint density at radius 3 is 2.54 bits per heavy atom. The smallest absolute Gasteiger partial charge is 0.246 e. The molecule has 1 fully saturated rings. The van der Waals surface area contributed by atoms with Crippen LogP contribution in [-0.4, -0.2) is 54.3 Å². The van der Waals surface area contributed by atoms with E-state index in [9.17, 15) is 14.0 Å². The third kappa shape index (κ3) is 5.50. The molecule has 0 radical (unpaired) electrons. The van der Waals surface area contributed by atoms with Gasteiger partial charge in [-0.3, -0.25) is 14.5 Å². The molecule has 2 aromatic rings. The molecule has 1 heterocycles. The molecule has 3 rings (SSSR count). The first-order chi connectivity index (χ1) is 13.5. The lowest BCUT2D eigenvalue weighted by atomic mass is 10.1. The van der Waals surface area contributed by atoms with Crippen LogP contribution in [0.15, 0.2) is 54.6 Å². The molecule has 1 N–H and O–H groups in total. The highest BCUT2D eigenvalue weighted by molar-refractivity contribution is 5.93. The van der Waals surface area contributed by atoms with Crippen LogP contribution >= 0.6 is 0 Å². The van der Waals surface area contributed by atoms with Crippen molar-refractivity contribution in [2.45, 2.75) is 6.92 Å². The Kier molecular flexibility index (Phi) is 6.55. The number of piperazine rings is 1. The SMILES string of the molecule is Cc1ccccc1C=CC(=O)N1CCN(CC(=O)Nc2cccc(F)c2)CC1. The van der Waals surface area contributed by atoms with Gasteiger partial charge in [-0.05, 0) is 42.3 Å². The number of carbonyl (C=O) groups is 2. The van der Waals surface area contributed by atoms with Gasteiger partial charge < -0.3 is 10.2 Å². The van der Waals surface area contributed by atoms with Crippen LogP contribution in [0.1, 0.15) is 11.1 Å². The fraction of sp³-hybridized carbons (Fsp3) is 0.273. The third-order valence-electron chi connectivity index (χ3n) is 4.75. The number of nitrogens with one attached hydrogen (secondary N) is 1. The Bertz CT molecular complexity index is 874. The van der Waals surface area contributed by atoms with E-state index < -0.39 is 0 Å². The predicted octanol–water partition coefficient (Wildman–Crippen LogP) is 2.93. The summed E-state index contributed by atoms with van der Waals surface area (Å²) >= 11 is 0. The van der Waals surface area contributed by atoms with Crippen LogP contribution in [0.5, 0.6) is 0 Å². The lowest BCUT2D eigenvalue weighted by molar-refractivity contribution is -0.127. The predicted molar refractivity (Wildman–Crippen MR) is 108 cm³/mol. The van der Waals surface area contributed by atoms with Crippen molar-refractivity contribution >= 4 is 23.6 Å². The van der Waals surface area contributed by atoms with Crippen molar-refractivity contribution < 1.29 is 14.0 Å². The second kappa shape index (κ2) is 9.28. The molecule has 0 unspecified atom stereocenters. The summed E-state index contributed by atoms with van der Waals surface area (Å²) in [6, 6.07) is 13.7. The van der Waals surface area contributed by atoms with Crippen LogP contribution in [0.3, 0.4) is 0 Å². The molecule has 1 aliphatic rings. The van der Waals surface area contributed by atoms with Crippen molar-refractivity contribution in [2.24, 2.45) is 0 Å². The summed E-state index contributed by atoms with van der Waals surface area (Å²) < 4.78 is 13.2. The van der Waals surface area contributed by atoms with Gasteiger partial charge in [0.2, 0.25) is 11.8 Å². The summed E-state index contributed by atoms with van der Waals surface area (Å²) in [6.07, 6.45) is 3.45. The van der Waals surface area contributed by atoms with Gasteiger partial charge in [-0.1, -0.05) is 30.3 Å². The number of carbonyl (C=O) groups excluding carboxylic acids is 2. The fourth-order valence-electron chi connectivity index (χ4n) is 3.14. The number of benzene rings is 2. The van der Waals surface area contributed by atoms with Crippen molar-refractivity contribution in [3.8, 4) is 0 Å². The first kappa shape index (κ1) is 19.8. The summed E-state index contributed by atoms with van der Waals surface area (Å²) in [4.78, 5) is 28.3. The van der Waals surface area contributed by atoms with E-state index in [1.54, 1.807) is 23.1 Å². The Hall–Kier alpha value is -2.99. The minimum absolute atomic E-state index is 0.0212. The molecule has 6 heteroatoms. The fourth-order valence-corrected chi connectivity index (χ4v) is 3.14. The second-order valence-electron chi connectivity index (χ2n) is 6.85. The van der Waals surface area contributed by atoms with Gasteiger partial charge in [0.05, 0.1) is 6.54 Å². The van der Waals surface area contributed by atoms with Crippen LogP contribution in [0.25, 0.3) is 6.08 Å². The van der Waals surface area contributed by atoms with E-state index in [1.807, 2.05) is 42.2 Å². The van der Waals surface area contributed by atoms with Crippen LogP contribution < -0.4 is 5.32 Å². The number of hydrogen-bond acceptors (Lipinski definition) is 3. The number of nitrogens with zero attached hydrogens (tertiary/aromatic N) is 2. The monoisotopic (exact) mass is 381 g/mol. The maximum Gasteiger partial charge on any atom is 0.246 e. The second-order valence-corrected chi connectivity index (χ2v) is 6.85. The maximum absolute atomic E-state index is 13.2. The van der Waals surface area contributed by atoms with Crippen molar-refractivity contribution in [3.05, 3.63) is 71.6 Å². The number of anilines is 1. The van der Waals surface area contributed by atoms with Crippen LogP contribution in [-0.2, 0) is 9.59 Å². The van der Waals surface area contributed by atoms with Gasteiger partial charge in [-0.25, -0.2) is 4.39 Å². The van der Waals surface area contributed by atoms with Gasteiger partial charge >= 0.3 is 0 Å². The van der Waals surface area contributed by atoms with Gasteiger partial charge in [-0.15, -0.1) is 0 Å². The highest BCUT2D eigenvalue weighted by atomic mass is 19.1. The highest BCUT2D eigenvalue weighted by Gasteiger charge is 2.21. The molecular weight excluding hydrogens is 357 g/mol. The maximum atomic E-state index is 13.2. The molecule has 1 saturated heterocycles. The molecule has 2 aromatic carbocycles. The number of rotatable bonds is 5. The first-order valence-electron chi connectivity index (χ1n) is 9.31. The molecule has 0 atom stereocenters. The molecule has 146 valence electrons. The summed E-state index contributed by atoms with van der Waals surface area (Å²) in [7, 11) is 0. The first-order valence-corrected chi connectivity index (χ1v) is 9.31. The molecule has 0 spiro atoms. The normalized spacial score (nSPS) is 15.0. The van der Waals surface area contributed by atoms with E-state index >= 15 is 0 Å². The Morgan fingerprint density at radius 1 is 1.07 bits per heavy atom. The molecule has 0 aliphatic carbocycles. The largest absolute Gasteiger partial charge is 0.337 e. The van der Waals surface area contributed by atoms with Gasteiger partial charge in [0.1, 0.15) is 5.82 Å². The van der Waals surface area contributed by atoms with Crippen LogP contribution in [0.4, 0.5) is 10.1 Å². The summed E-state index contributed by atoms with van der Waals surface area (Å²) in [6.45, 7) is 4.63. The number of hydrogen-bond donors (Lipinski definition) is 1. The Morgan fingerprint density at radius 2 is 1.82 bits per heavy atom. The minimum atomic E-state index is -0.385. The average Bonchev–Trinajstić information content (AvgIpc) is 2.67. The zero-order valence-electron chi connectivity index (χ0n) is 15.9. The van der Waals surface area contributed by atoms with E-state index in [-0.39, 0.29) is 24.2 Å². The quantitative estimate of drug-likeness (QED) is 0.811. The van der Waals surface area contributed by atoms with E-state index in [1.165, 1.54) is 12.1 Å². The van der Waals surface area contributed by atoms with Crippen LogP contribution in [0, 0.1) is 12.7 Å². The summed E-state index contributed by atoms with van der Waals surface area (Å²) in [5.74, 6) is -0.597. The minimum Gasteiger partial charge on any atom is -0.337 e. The van der Waals surface area contributed by atoms with E-state index in [4.69, 9.17) is 0 Å². The standard InChI is InChI=1S/C22H24FN3O2/c1-17-5-2-3-6-18(17)9-10-22(28)26-13-11-25(12-14-26)16-21(27)24-20-8-4-7-19(23)15-20/h2-10,15H,11-14,16H2,1H3,(H,24,27). The van der Waals surface area contributed by atoms with Crippen molar-refractivity contribution in [1.29, 1.82) is 0 Å². The molecule has 0 saturated carbocycles. The highest BCUT2D eigenvalue weighted by Crippen LogP contribution is 2.11. The Balaban J connectivity index is 1.45. The molecular formula is C22H24FN3O2. The lowest BCUT2D eigenvalue weighted by Crippen LogP contribution is -2.50. The number of amides is 2. The van der Waals surface area contributed by atoms with Crippen LogP contribution in [0.2, 0.25) is 0 Å². The van der Waals surface area contributed by atoms with Crippen molar-refractivity contribution in [2.75, 3.05) is 38.0 Å². The van der Waals surface area contributed by atoms with E-state index in [2.05, 4.69) is 5.32 Å². The van der Waals surface area contributed by atoms with Gasteiger partial charge in [0.25, 0.3) is 0 Å². The topological polar surface area (TPSA) is 52.7 Å². The van der Waals surface area contributed by atoms with Gasteiger partial charge in [0.15, 0.2) is 0 Å². The number of aryl methyl sites for hydroxylation is 1. The molecule has 1 aliphatic heterocycles. The summed E-state index contributed by atoms with van der Waals surface area (Å²) in [5.41, 5.74) is 2.60. The van der Waals surface area contributed by atoms with E-state index in [0.29, 0.717) is 31.9 Å². The van der Waals surface area contributed by atoms with Crippen molar-refractivity contribution in [3.63, 3.8) is 0 Å². The molecule has 0 aromatic heterocycles.